The van der Waals surface area contributed by atoms with Gasteiger partial charge in [0.25, 0.3) is 0 Å². The molecule has 0 aromatic carbocycles. The highest BCUT2D eigenvalue weighted by atomic mass is 16.2. The van der Waals surface area contributed by atoms with Gasteiger partial charge in [-0.1, -0.05) is 0 Å². The van der Waals surface area contributed by atoms with Crippen molar-refractivity contribution in [2.75, 3.05) is 20.1 Å². The third kappa shape index (κ3) is 3.09. The molecule has 1 aliphatic carbocycles. The van der Waals surface area contributed by atoms with Crippen LogP contribution in [-0.4, -0.2) is 35.9 Å². The van der Waals surface area contributed by atoms with Crippen LogP contribution in [0.3, 0.4) is 0 Å². The van der Waals surface area contributed by atoms with Crippen LogP contribution in [0.2, 0.25) is 0 Å². The molecule has 1 aliphatic rings. The zero-order valence-electron chi connectivity index (χ0n) is 10.4. The summed E-state index contributed by atoms with van der Waals surface area (Å²) in [6.45, 7) is 1.51. The molecule has 0 aliphatic heterocycles. The summed E-state index contributed by atoms with van der Waals surface area (Å²) < 4.78 is 0. The van der Waals surface area contributed by atoms with Gasteiger partial charge in [0, 0.05) is 37.3 Å². The zero-order valence-corrected chi connectivity index (χ0v) is 10.4. The first-order valence-corrected chi connectivity index (χ1v) is 6.21. The lowest BCUT2D eigenvalue weighted by Gasteiger charge is -2.22. The van der Waals surface area contributed by atoms with E-state index in [-0.39, 0.29) is 11.3 Å². The van der Waals surface area contributed by atoms with Gasteiger partial charge in [0.15, 0.2) is 0 Å². The highest BCUT2D eigenvalue weighted by Gasteiger charge is 2.42. The van der Waals surface area contributed by atoms with Crippen LogP contribution in [0, 0.1) is 5.41 Å². The number of nitrogens with zero attached hydrogens (tertiary/aromatic N) is 1. The van der Waals surface area contributed by atoms with E-state index in [9.17, 15) is 4.79 Å². The number of H-pyrrole nitrogens is 1. The maximum Gasteiger partial charge on any atom is 0.222 e. The summed E-state index contributed by atoms with van der Waals surface area (Å²) in [5.41, 5.74) is 7.08. The highest BCUT2D eigenvalue weighted by Crippen LogP contribution is 2.44. The smallest absolute Gasteiger partial charge is 0.222 e. The topological polar surface area (TPSA) is 62.1 Å². The van der Waals surface area contributed by atoms with Crippen LogP contribution < -0.4 is 5.73 Å². The predicted molar refractivity (Wildman–Crippen MR) is 67.5 cm³/mol. The summed E-state index contributed by atoms with van der Waals surface area (Å²) in [5, 5.41) is 0. The van der Waals surface area contributed by atoms with Crippen LogP contribution in [-0.2, 0) is 11.2 Å². The molecular weight excluding hydrogens is 214 g/mol. The molecule has 1 fully saturated rings. The average molecular weight is 235 g/mol. The highest BCUT2D eigenvalue weighted by molar-refractivity contribution is 5.76. The van der Waals surface area contributed by atoms with E-state index in [1.165, 1.54) is 0 Å². The summed E-state index contributed by atoms with van der Waals surface area (Å²) in [5.74, 6) is 0.208. The normalized spacial score (nSPS) is 16.8. The Bertz CT molecular complexity index is 368. The Balaban J connectivity index is 1.75. The number of hydrogen-bond acceptors (Lipinski definition) is 2. The second-order valence-electron chi connectivity index (χ2n) is 5.15. The number of hydrogen-bond donors (Lipinski definition) is 2. The van der Waals surface area contributed by atoms with Gasteiger partial charge in [-0.3, -0.25) is 4.79 Å². The minimum atomic E-state index is 0.208. The van der Waals surface area contributed by atoms with Crippen molar-refractivity contribution in [2.24, 2.45) is 11.1 Å². The Morgan fingerprint density at radius 2 is 2.35 bits per heavy atom. The summed E-state index contributed by atoms with van der Waals surface area (Å²) in [6, 6.07) is 3.96. The van der Waals surface area contributed by atoms with Crippen molar-refractivity contribution in [1.82, 2.24) is 9.88 Å². The first-order valence-electron chi connectivity index (χ1n) is 6.21. The number of nitrogens with one attached hydrogen (secondary N) is 1. The van der Waals surface area contributed by atoms with Gasteiger partial charge in [-0.15, -0.1) is 0 Å². The van der Waals surface area contributed by atoms with E-state index < -0.39 is 0 Å². The molecule has 1 saturated carbocycles. The molecule has 0 radical (unpaired) electrons. The van der Waals surface area contributed by atoms with E-state index in [0.29, 0.717) is 13.0 Å². The van der Waals surface area contributed by atoms with Crippen molar-refractivity contribution in [3.63, 3.8) is 0 Å². The van der Waals surface area contributed by atoms with Crippen LogP contribution in [0.4, 0.5) is 0 Å². The monoisotopic (exact) mass is 235 g/mol. The second-order valence-corrected chi connectivity index (χ2v) is 5.15. The van der Waals surface area contributed by atoms with Gasteiger partial charge in [-0.05, 0) is 37.9 Å². The Morgan fingerprint density at radius 1 is 1.59 bits per heavy atom. The van der Waals surface area contributed by atoms with E-state index in [1.54, 1.807) is 0 Å². The summed E-state index contributed by atoms with van der Waals surface area (Å²) in [7, 11) is 1.88. The number of carbonyl (C=O) groups is 1. The third-order valence-electron chi connectivity index (χ3n) is 3.66. The molecule has 0 unspecified atom stereocenters. The standard InChI is InChI=1S/C13H21N3O/c1-16(10-13(9-14)6-7-13)12(17)5-4-11-3-2-8-15-11/h2-3,8,15H,4-7,9-10,14H2,1H3. The molecule has 3 N–H and O–H groups in total. The SMILES string of the molecule is CN(CC1(CN)CC1)C(=O)CCc1ccc[nH]1. The third-order valence-corrected chi connectivity index (χ3v) is 3.66. The number of aryl methyl sites for hydroxylation is 1. The fourth-order valence-electron chi connectivity index (χ4n) is 2.15. The van der Waals surface area contributed by atoms with Crippen LogP contribution in [0.1, 0.15) is 25.0 Å². The fourth-order valence-corrected chi connectivity index (χ4v) is 2.15. The molecule has 4 nitrogen and oxygen atoms in total. The van der Waals surface area contributed by atoms with Gasteiger partial charge in [0.1, 0.15) is 0 Å². The zero-order chi connectivity index (χ0) is 12.3. The van der Waals surface area contributed by atoms with E-state index >= 15 is 0 Å². The number of aromatic amines is 1. The van der Waals surface area contributed by atoms with Gasteiger partial charge in [0.05, 0.1) is 0 Å². The summed E-state index contributed by atoms with van der Waals surface area (Å²) >= 11 is 0. The minimum absolute atomic E-state index is 0.208. The van der Waals surface area contributed by atoms with Crippen molar-refractivity contribution in [2.45, 2.75) is 25.7 Å². The molecule has 1 aromatic heterocycles. The summed E-state index contributed by atoms with van der Waals surface area (Å²) in [6.07, 6.45) is 5.57. The molecule has 1 aromatic rings. The molecule has 4 heteroatoms. The van der Waals surface area contributed by atoms with Gasteiger partial charge < -0.3 is 15.6 Å². The average Bonchev–Trinajstić information content (AvgIpc) is 2.91. The van der Waals surface area contributed by atoms with E-state index in [2.05, 4.69) is 4.98 Å². The fraction of sp³-hybridized carbons (Fsp3) is 0.615. The molecule has 2 rings (SSSR count). The van der Waals surface area contributed by atoms with Gasteiger partial charge in [-0.25, -0.2) is 0 Å². The molecule has 17 heavy (non-hydrogen) atoms. The van der Waals surface area contributed by atoms with Gasteiger partial charge >= 0.3 is 0 Å². The minimum Gasteiger partial charge on any atom is -0.365 e. The predicted octanol–water partition coefficient (Wildman–Crippen LogP) is 1.14. The van der Waals surface area contributed by atoms with Crippen LogP contribution in [0.5, 0.6) is 0 Å². The molecule has 0 bridgehead atoms. The van der Waals surface area contributed by atoms with Crippen LogP contribution in [0.25, 0.3) is 0 Å². The first kappa shape index (κ1) is 12.2. The number of carbonyl (C=O) groups excluding carboxylic acids is 1. The Labute approximate surface area is 102 Å². The molecule has 0 atom stereocenters. The Morgan fingerprint density at radius 3 is 2.88 bits per heavy atom. The van der Waals surface area contributed by atoms with Crippen molar-refractivity contribution >= 4 is 5.91 Å². The van der Waals surface area contributed by atoms with Crippen LogP contribution in [0.15, 0.2) is 18.3 Å². The maximum absolute atomic E-state index is 11.9. The lowest BCUT2D eigenvalue weighted by atomic mass is 10.1. The molecular formula is C13H21N3O. The van der Waals surface area contributed by atoms with Crippen LogP contribution >= 0.6 is 0 Å². The Hall–Kier alpha value is -1.29. The first-order chi connectivity index (χ1) is 8.15. The van der Waals surface area contributed by atoms with E-state index in [1.807, 2.05) is 30.3 Å². The van der Waals surface area contributed by atoms with E-state index in [4.69, 9.17) is 5.73 Å². The number of aromatic nitrogens is 1. The molecule has 94 valence electrons. The van der Waals surface area contributed by atoms with Crippen molar-refractivity contribution in [3.8, 4) is 0 Å². The number of rotatable bonds is 6. The maximum atomic E-state index is 11.9. The second kappa shape index (κ2) is 4.92. The number of amides is 1. The lowest BCUT2D eigenvalue weighted by molar-refractivity contribution is -0.130. The number of nitrogens with two attached hydrogens (primary N) is 1. The lowest BCUT2D eigenvalue weighted by Crippen LogP contribution is -2.35. The van der Waals surface area contributed by atoms with Crippen molar-refractivity contribution in [1.29, 1.82) is 0 Å². The van der Waals surface area contributed by atoms with Crippen molar-refractivity contribution < 1.29 is 4.79 Å². The molecule has 0 spiro atoms. The summed E-state index contributed by atoms with van der Waals surface area (Å²) in [4.78, 5) is 16.9. The molecule has 1 heterocycles. The quantitative estimate of drug-likeness (QED) is 0.777. The van der Waals surface area contributed by atoms with Gasteiger partial charge in [-0.2, -0.15) is 0 Å². The van der Waals surface area contributed by atoms with Crippen molar-refractivity contribution in [3.05, 3.63) is 24.0 Å². The van der Waals surface area contributed by atoms with E-state index in [0.717, 1.165) is 31.5 Å². The van der Waals surface area contributed by atoms with Gasteiger partial charge in [0.2, 0.25) is 5.91 Å². The molecule has 0 saturated heterocycles. The largest absolute Gasteiger partial charge is 0.365 e. The molecule has 1 amide bonds. The Kier molecular flexibility index (Phi) is 3.52.